The van der Waals surface area contributed by atoms with Gasteiger partial charge in [-0.1, -0.05) is 42.5 Å². The molecule has 1 unspecified atom stereocenters. The summed E-state index contributed by atoms with van der Waals surface area (Å²) in [6, 6.07) is 16.2. The molecule has 6 nitrogen and oxygen atoms in total. The average molecular weight is 398 g/mol. The predicted molar refractivity (Wildman–Crippen MR) is 112 cm³/mol. The molecule has 5 rings (SSSR count). The van der Waals surface area contributed by atoms with E-state index in [1.54, 1.807) is 12.1 Å². The third-order valence-corrected chi connectivity index (χ3v) is 5.85. The van der Waals surface area contributed by atoms with Crippen LogP contribution in [0, 0.1) is 0 Å². The average Bonchev–Trinajstić information content (AvgIpc) is 3.04. The van der Waals surface area contributed by atoms with Gasteiger partial charge in [0.05, 0.1) is 5.69 Å². The Bertz CT molecular complexity index is 1230. The molecule has 0 bridgehead atoms. The zero-order valence-electron chi connectivity index (χ0n) is 16.1. The van der Waals surface area contributed by atoms with E-state index in [2.05, 4.69) is 5.32 Å². The minimum atomic E-state index is -0.687. The monoisotopic (exact) mass is 398 g/mol. The first-order valence-electron chi connectivity index (χ1n) is 9.83. The molecule has 3 amide bonds. The Morgan fingerprint density at radius 1 is 1.00 bits per heavy atom. The summed E-state index contributed by atoms with van der Waals surface area (Å²) < 4.78 is 0. The summed E-state index contributed by atoms with van der Waals surface area (Å²) in [6.07, 6.45) is 2.01. The topological polar surface area (TPSA) is 83.6 Å². The minimum absolute atomic E-state index is 0.211. The number of piperidine rings is 1. The summed E-state index contributed by atoms with van der Waals surface area (Å²) in [6.45, 7) is 0. The molecule has 0 aromatic heterocycles. The third-order valence-electron chi connectivity index (χ3n) is 5.85. The predicted octanol–water partition coefficient (Wildman–Crippen LogP) is 3.01. The summed E-state index contributed by atoms with van der Waals surface area (Å²) in [4.78, 5) is 49.5. The number of hydrogen-bond acceptors (Lipinski definition) is 4. The molecule has 0 radical (unpaired) electrons. The molecule has 6 heteroatoms. The van der Waals surface area contributed by atoms with Crippen LogP contribution in [-0.2, 0) is 16.0 Å². The van der Waals surface area contributed by atoms with Gasteiger partial charge in [-0.15, -0.1) is 0 Å². The summed E-state index contributed by atoms with van der Waals surface area (Å²) in [5, 5.41) is 4.15. The first-order valence-corrected chi connectivity index (χ1v) is 9.83. The van der Waals surface area contributed by atoms with Crippen molar-refractivity contribution in [3.63, 3.8) is 0 Å². The highest BCUT2D eigenvalue weighted by Crippen LogP contribution is 2.41. The lowest BCUT2D eigenvalue weighted by molar-refractivity contribution is -0.134. The van der Waals surface area contributed by atoms with Crippen LogP contribution in [0.3, 0.4) is 0 Å². The standard InChI is InChI=1S/C24H18N2O4/c27-13-15-6-4-14(5-7-15)12-16-8-9-18-22-17(16)2-1-3-19(22)26(24(18)30)20-10-11-21(28)25-23(20)29/h1-9,13,20H,10-12H2,(H,25,28,29). The smallest absolute Gasteiger partial charge is 0.259 e. The van der Waals surface area contributed by atoms with Crippen LogP contribution in [0.5, 0.6) is 0 Å². The zero-order chi connectivity index (χ0) is 20.8. The van der Waals surface area contributed by atoms with E-state index in [9.17, 15) is 19.2 Å². The van der Waals surface area contributed by atoms with Crippen molar-refractivity contribution in [2.45, 2.75) is 25.3 Å². The second-order valence-electron chi connectivity index (χ2n) is 7.65. The SMILES string of the molecule is O=Cc1ccc(Cc2ccc3c4c(cccc24)N(C2CCC(=O)NC2=O)C3=O)cc1. The van der Waals surface area contributed by atoms with E-state index < -0.39 is 11.9 Å². The number of rotatable bonds is 4. The van der Waals surface area contributed by atoms with E-state index in [0.29, 0.717) is 29.7 Å². The molecule has 1 atom stereocenters. The first kappa shape index (κ1) is 18.2. The highest BCUT2D eigenvalue weighted by Gasteiger charge is 2.40. The lowest BCUT2D eigenvalue weighted by Gasteiger charge is -2.30. The van der Waals surface area contributed by atoms with Crippen molar-refractivity contribution in [2.75, 3.05) is 4.90 Å². The number of imide groups is 1. The molecule has 148 valence electrons. The van der Waals surface area contributed by atoms with Crippen molar-refractivity contribution < 1.29 is 19.2 Å². The van der Waals surface area contributed by atoms with Gasteiger partial charge in [-0.25, -0.2) is 0 Å². The van der Waals surface area contributed by atoms with E-state index >= 15 is 0 Å². The Morgan fingerprint density at radius 3 is 2.53 bits per heavy atom. The molecular formula is C24H18N2O4. The molecule has 0 aliphatic carbocycles. The maximum absolute atomic E-state index is 13.2. The highest BCUT2D eigenvalue weighted by molar-refractivity contribution is 6.27. The van der Waals surface area contributed by atoms with Gasteiger partial charge in [0.25, 0.3) is 5.91 Å². The second kappa shape index (κ2) is 6.91. The molecule has 1 N–H and O–H groups in total. The lowest BCUT2D eigenvalue weighted by Crippen LogP contribution is -2.53. The van der Waals surface area contributed by atoms with Gasteiger partial charge in [0.1, 0.15) is 12.3 Å². The van der Waals surface area contributed by atoms with Gasteiger partial charge >= 0.3 is 0 Å². The molecule has 0 saturated carbocycles. The molecule has 3 aromatic carbocycles. The zero-order valence-corrected chi connectivity index (χ0v) is 16.1. The van der Waals surface area contributed by atoms with E-state index in [-0.39, 0.29) is 18.2 Å². The number of aldehydes is 1. The van der Waals surface area contributed by atoms with Crippen LogP contribution in [0.15, 0.2) is 54.6 Å². The Hall–Kier alpha value is -3.80. The van der Waals surface area contributed by atoms with Gasteiger partial charge in [-0.05, 0) is 41.5 Å². The van der Waals surface area contributed by atoms with Gasteiger partial charge in [0.2, 0.25) is 11.8 Å². The van der Waals surface area contributed by atoms with Crippen molar-refractivity contribution in [1.29, 1.82) is 0 Å². The fourth-order valence-electron chi connectivity index (χ4n) is 4.39. The van der Waals surface area contributed by atoms with E-state index in [4.69, 9.17) is 0 Å². The van der Waals surface area contributed by atoms with Crippen molar-refractivity contribution in [3.8, 4) is 0 Å². The fraction of sp³-hybridized carbons (Fsp3) is 0.167. The van der Waals surface area contributed by atoms with E-state index in [1.165, 1.54) is 4.90 Å². The van der Waals surface area contributed by atoms with Crippen molar-refractivity contribution in [2.24, 2.45) is 0 Å². The Kier molecular flexibility index (Phi) is 4.20. The number of benzene rings is 3. The van der Waals surface area contributed by atoms with Gasteiger partial charge in [0.15, 0.2) is 0 Å². The van der Waals surface area contributed by atoms with Crippen LogP contribution < -0.4 is 10.2 Å². The lowest BCUT2D eigenvalue weighted by atomic mass is 9.95. The van der Waals surface area contributed by atoms with Crippen LogP contribution >= 0.6 is 0 Å². The molecule has 3 aromatic rings. The highest BCUT2D eigenvalue weighted by atomic mass is 16.2. The molecule has 1 saturated heterocycles. The van der Waals surface area contributed by atoms with Crippen LogP contribution in [0.2, 0.25) is 0 Å². The Morgan fingerprint density at radius 2 is 1.80 bits per heavy atom. The molecule has 0 spiro atoms. The third kappa shape index (κ3) is 2.80. The molecular weight excluding hydrogens is 380 g/mol. The fourth-order valence-corrected chi connectivity index (χ4v) is 4.39. The molecule has 2 aliphatic heterocycles. The Balaban J connectivity index is 1.56. The normalized spacial score (nSPS) is 18.1. The molecule has 30 heavy (non-hydrogen) atoms. The maximum atomic E-state index is 13.2. The van der Waals surface area contributed by atoms with Gasteiger partial charge in [0, 0.05) is 22.9 Å². The number of carbonyl (C=O) groups is 4. The van der Waals surface area contributed by atoms with Crippen LogP contribution in [-0.4, -0.2) is 30.0 Å². The van der Waals surface area contributed by atoms with Crippen LogP contribution in [0.25, 0.3) is 10.8 Å². The Labute approximate surface area is 172 Å². The minimum Gasteiger partial charge on any atom is -0.298 e. The van der Waals surface area contributed by atoms with Crippen molar-refractivity contribution >= 4 is 40.5 Å². The summed E-state index contributed by atoms with van der Waals surface area (Å²) in [5.41, 5.74) is 4.04. The second-order valence-corrected chi connectivity index (χ2v) is 7.65. The summed E-state index contributed by atoms with van der Waals surface area (Å²) in [5.74, 6) is -0.945. The molecule has 1 fully saturated rings. The number of carbonyl (C=O) groups excluding carboxylic acids is 4. The van der Waals surface area contributed by atoms with Crippen molar-refractivity contribution in [3.05, 3.63) is 76.9 Å². The number of nitrogens with zero attached hydrogens (tertiary/aromatic N) is 1. The van der Waals surface area contributed by atoms with Crippen molar-refractivity contribution in [1.82, 2.24) is 5.32 Å². The maximum Gasteiger partial charge on any atom is 0.259 e. The van der Waals surface area contributed by atoms with Gasteiger partial charge in [-0.3, -0.25) is 29.4 Å². The molecule has 2 aliphatic rings. The van der Waals surface area contributed by atoms with Crippen LogP contribution in [0.4, 0.5) is 5.69 Å². The number of hydrogen-bond donors (Lipinski definition) is 1. The van der Waals surface area contributed by atoms with Gasteiger partial charge < -0.3 is 0 Å². The summed E-state index contributed by atoms with van der Waals surface area (Å²) in [7, 11) is 0. The van der Waals surface area contributed by atoms with Gasteiger partial charge in [-0.2, -0.15) is 0 Å². The number of amides is 3. The number of anilines is 1. The summed E-state index contributed by atoms with van der Waals surface area (Å²) >= 11 is 0. The largest absolute Gasteiger partial charge is 0.298 e. The van der Waals surface area contributed by atoms with E-state index in [0.717, 1.165) is 28.2 Å². The van der Waals surface area contributed by atoms with Crippen LogP contribution in [0.1, 0.15) is 44.7 Å². The number of nitrogens with one attached hydrogen (secondary N) is 1. The quantitative estimate of drug-likeness (QED) is 0.541. The first-order chi connectivity index (χ1) is 14.6. The van der Waals surface area contributed by atoms with E-state index in [1.807, 2.05) is 42.5 Å². The molecule has 2 heterocycles.